The Labute approximate surface area is 149 Å². The van der Waals surface area contributed by atoms with Crippen molar-refractivity contribution in [3.05, 3.63) is 29.6 Å². The topological polar surface area (TPSA) is 50.8 Å². The van der Waals surface area contributed by atoms with E-state index in [1.165, 1.54) is 12.1 Å². The lowest BCUT2D eigenvalue weighted by Crippen LogP contribution is -2.41. The van der Waals surface area contributed by atoms with Crippen LogP contribution in [-0.2, 0) is 9.31 Å². The molecule has 0 saturated carbocycles. The minimum Gasteiger partial charge on any atom is -0.399 e. The summed E-state index contributed by atoms with van der Waals surface area (Å²) in [6.07, 6.45) is 0.924. The van der Waals surface area contributed by atoms with Gasteiger partial charge in [-0.3, -0.25) is 4.79 Å². The summed E-state index contributed by atoms with van der Waals surface area (Å²) in [5, 5.41) is 3.19. The number of carbonyl (C=O) groups excluding carboxylic acids is 1. The van der Waals surface area contributed by atoms with Crippen LogP contribution in [0.2, 0.25) is 0 Å². The van der Waals surface area contributed by atoms with Crippen molar-refractivity contribution in [2.24, 2.45) is 0 Å². The van der Waals surface area contributed by atoms with E-state index in [0.29, 0.717) is 24.7 Å². The lowest BCUT2D eigenvalue weighted by molar-refractivity contribution is 0.00578. The molecule has 5 nitrogen and oxygen atoms in total. The van der Waals surface area contributed by atoms with Gasteiger partial charge in [-0.05, 0) is 59.4 Å². The molecule has 0 spiro atoms. The van der Waals surface area contributed by atoms with E-state index >= 15 is 0 Å². The molecule has 1 atom stereocenters. The van der Waals surface area contributed by atoms with Crippen molar-refractivity contribution >= 4 is 18.5 Å². The molecular weight excluding hydrogens is 322 g/mol. The predicted molar refractivity (Wildman–Crippen MR) is 95.5 cm³/mol. The lowest BCUT2D eigenvalue weighted by atomic mass is 9.78. The number of likely N-dealkylation sites (tertiary alicyclic amines) is 1. The van der Waals surface area contributed by atoms with Crippen molar-refractivity contribution in [2.45, 2.75) is 51.4 Å². The van der Waals surface area contributed by atoms with Gasteiger partial charge in [-0.2, -0.15) is 0 Å². The van der Waals surface area contributed by atoms with Crippen LogP contribution >= 0.6 is 0 Å². The van der Waals surface area contributed by atoms with Gasteiger partial charge in [-0.25, -0.2) is 4.39 Å². The van der Waals surface area contributed by atoms with E-state index in [4.69, 9.17) is 9.31 Å². The van der Waals surface area contributed by atoms with Gasteiger partial charge in [-0.15, -0.1) is 0 Å². The minimum absolute atomic E-state index is 0.0875. The van der Waals surface area contributed by atoms with E-state index in [1.54, 1.807) is 11.0 Å². The van der Waals surface area contributed by atoms with Gasteiger partial charge in [0.25, 0.3) is 5.91 Å². The molecule has 0 bridgehead atoms. The molecule has 2 fully saturated rings. The summed E-state index contributed by atoms with van der Waals surface area (Å²) >= 11 is 0. The van der Waals surface area contributed by atoms with E-state index in [-0.39, 0.29) is 11.4 Å². The number of hydrogen-bond acceptors (Lipinski definition) is 4. The van der Waals surface area contributed by atoms with Crippen molar-refractivity contribution < 1.29 is 18.5 Å². The highest BCUT2D eigenvalue weighted by Gasteiger charge is 2.52. The fraction of sp³-hybridized carbons (Fsp3) is 0.611. The van der Waals surface area contributed by atoms with Crippen molar-refractivity contribution in [2.75, 3.05) is 20.1 Å². The largest absolute Gasteiger partial charge is 0.497 e. The van der Waals surface area contributed by atoms with E-state index in [1.807, 2.05) is 34.7 Å². The minimum atomic E-state index is -0.818. The highest BCUT2D eigenvalue weighted by atomic mass is 19.1. The first-order valence-corrected chi connectivity index (χ1v) is 8.76. The molecule has 2 saturated heterocycles. The Balaban J connectivity index is 1.83. The fourth-order valence-corrected chi connectivity index (χ4v) is 3.19. The summed E-state index contributed by atoms with van der Waals surface area (Å²) in [7, 11) is 1.08. The standard InChI is InChI=1S/C18H26BFN2O3/c1-17(2)18(3,4)25-19(24-17)14-10-12(6-7-15(14)20)16(23)22-9-8-13(11-22)21-5/h6-7,10,13,21H,8-9,11H2,1-5H3/t13-/m0/s1. The molecule has 2 heterocycles. The molecule has 136 valence electrons. The number of benzene rings is 1. The molecule has 0 unspecified atom stereocenters. The van der Waals surface area contributed by atoms with Crippen LogP contribution in [0.1, 0.15) is 44.5 Å². The van der Waals surface area contributed by atoms with Crippen LogP contribution in [0.4, 0.5) is 4.39 Å². The third kappa shape index (κ3) is 3.33. The van der Waals surface area contributed by atoms with Gasteiger partial charge in [0.1, 0.15) is 5.82 Å². The molecule has 0 radical (unpaired) electrons. The molecule has 7 heteroatoms. The third-order valence-corrected chi connectivity index (χ3v) is 5.63. The van der Waals surface area contributed by atoms with Gasteiger partial charge in [0, 0.05) is 30.2 Å². The van der Waals surface area contributed by atoms with E-state index < -0.39 is 24.1 Å². The Kier molecular flexibility index (Phi) is 4.68. The number of likely N-dealkylation sites (N-methyl/N-ethyl adjacent to an activating group) is 1. The average Bonchev–Trinajstić information content (AvgIpc) is 3.09. The van der Waals surface area contributed by atoms with Crippen molar-refractivity contribution in [1.29, 1.82) is 0 Å². The van der Waals surface area contributed by atoms with Crippen LogP contribution in [0.3, 0.4) is 0 Å². The first-order valence-electron chi connectivity index (χ1n) is 8.76. The van der Waals surface area contributed by atoms with Gasteiger partial charge in [-0.1, -0.05) is 0 Å². The van der Waals surface area contributed by atoms with E-state index in [2.05, 4.69) is 5.32 Å². The van der Waals surface area contributed by atoms with Crippen LogP contribution in [0.25, 0.3) is 0 Å². The first-order chi connectivity index (χ1) is 11.6. The molecule has 1 aromatic carbocycles. The molecule has 25 heavy (non-hydrogen) atoms. The van der Waals surface area contributed by atoms with Gasteiger partial charge < -0.3 is 19.5 Å². The highest BCUT2D eigenvalue weighted by Crippen LogP contribution is 2.36. The molecule has 3 rings (SSSR count). The van der Waals surface area contributed by atoms with E-state index in [0.717, 1.165) is 6.42 Å². The fourth-order valence-electron chi connectivity index (χ4n) is 3.19. The summed E-state index contributed by atoms with van der Waals surface area (Å²) in [4.78, 5) is 14.5. The van der Waals surface area contributed by atoms with Crippen LogP contribution in [0.15, 0.2) is 18.2 Å². The number of carbonyl (C=O) groups is 1. The quantitative estimate of drug-likeness (QED) is 0.843. The summed E-state index contributed by atoms with van der Waals surface area (Å²) in [6, 6.07) is 4.72. The van der Waals surface area contributed by atoms with Gasteiger partial charge in [0.2, 0.25) is 0 Å². The maximum Gasteiger partial charge on any atom is 0.497 e. The SMILES string of the molecule is CN[C@H]1CCN(C(=O)c2ccc(F)c(B3OC(C)(C)C(C)(C)O3)c2)C1. The molecule has 2 aliphatic rings. The molecule has 0 aliphatic carbocycles. The molecule has 1 N–H and O–H groups in total. The normalized spacial score (nSPS) is 24.8. The average molecular weight is 348 g/mol. The summed E-state index contributed by atoms with van der Waals surface area (Å²) in [5.74, 6) is -0.514. The smallest absolute Gasteiger partial charge is 0.399 e. The number of amides is 1. The Morgan fingerprint density at radius 1 is 1.28 bits per heavy atom. The van der Waals surface area contributed by atoms with Crippen molar-refractivity contribution in [3.8, 4) is 0 Å². The zero-order chi connectivity index (χ0) is 18.4. The molecular formula is C18H26BFN2O3. The predicted octanol–water partition coefficient (Wildman–Crippen LogP) is 1.56. The van der Waals surface area contributed by atoms with Gasteiger partial charge in [0.05, 0.1) is 11.2 Å². The Morgan fingerprint density at radius 2 is 1.92 bits per heavy atom. The molecule has 1 amide bonds. The van der Waals surface area contributed by atoms with Crippen molar-refractivity contribution in [3.63, 3.8) is 0 Å². The van der Waals surface area contributed by atoms with Crippen LogP contribution in [-0.4, -0.2) is 55.3 Å². The third-order valence-electron chi connectivity index (χ3n) is 5.63. The van der Waals surface area contributed by atoms with E-state index in [9.17, 15) is 9.18 Å². The van der Waals surface area contributed by atoms with Gasteiger partial charge in [0.15, 0.2) is 0 Å². The Hall–Kier alpha value is -1.44. The van der Waals surface area contributed by atoms with Gasteiger partial charge >= 0.3 is 7.12 Å². The molecule has 0 aromatic heterocycles. The second-order valence-corrected chi connectivity index (χ2v) is 7.85. The number of rotatable bonds is 3. The summed E-state index contributed by atoms with van der Waals surface area (Å²) < 4.78 is 26.2. The zero-order valence-electron chi connectivity index (χ0n) is 15.6. The monoisotopic (exact) mass is 348 g/mol. The van der Waals surface area contributed by atoms with Crippen LogP contribution < -0.4 is 10.8 Å². The van der Waals surface area contributed by atoms with Crippen LogP contribution in [0, 0.1) is 5.82 Å². The Bertz CT molecular complexity index is 664. The Morgan fingerprint density at radius 3 is 2.48 bits per heavy atom. The number of hydrogen-bond donors (Lipinski definition) is 1. The number of nitrogens with zero attached hydrogens (tertiary/aromatic N) is 1. The maximum atomic E-state index is 14.4. The van der Waals surface area contributed by atoms with Crippen molar-refractivity contribution in [1.82, 2.24) is 10.2 Å². The second-order valence-electron chi connectivity index (χ2n) is 7.85. The number of halogens is 1. The summed E-state index contributed by atoms with van der Waals surface area (Å²) in [6.45, 7) is 9.04. The summed E-state index contributed by atoms with van der Waals surface area (Å²) in [5.41, 5.74) is -0.380. The first kappa shape index (κ1) is 18.4. The van der Waals surface area contributed by atoms with Crippen LogP contribution in [0.5, 0.6) is 0 Å². The second kappa shape index (κ2) is 6.38. The maximum absolute atomic E-state index is 14.4. The highest BCUT2D eigenvalue weighted by molar-refractivity contribution is 6.62. The lowest BCUT2D eigenvalue weighted by Gasteiger charge is -2.32. The number of nitrogens with one attached hydrogen (secondary N) is 1. The molecule has 2 aliphatic heterocycles. The zero-order valence-corrected chi connectivity index (χ0v) is 15.6. The molecule has 1 aromatic rings.